The summed E-state index contributed by atoms with van der Waals surface area (Å²) in [6.45, 7) is 1.70. The van der Waals surface area contributed by atoms with Crippen LogP contribution in [0.25, 0.3) is 28.0 Å². The molecule has 3 aromatic heterocycles. The lowest BCUT2D eigenvalue weighted by Gasteiger charge is -2.10. The van der Waals surface area contributed by atoms with E-state index in [0.29, 0.717) is 44.3 Å². The van der Waals surface area contributed by atoms with Gasteiger partial charge in [0.05, 0.1) is 28.7 Å². The highest BCUT2D eigenvalue weighted by Crippen LogP contribution is 2.25. The Bertz CT molecular complexity index is 1530. The molecule has 0 spiro atoms. The lowest BCUT2D eigenvalue weighted by atomic mass is 10.1. The van der Waals surface area contributed by atoms with Crippen molar-refractivity contribution in [1.29, 1.82) is 0 Å². The molecule has 0 bridgehead atoms. The number of para-hydroxylation sites is 1. The zero-order valence-electron chi connectivity index (χ0n) is 17.8. The minimum absolute atomic E-state index is 0.0659. The van der Waals surface area contributed by atoms with Gasteiger partial charge >= 0.3 is 0 Å². The van der Waals surface area contributed by atoms with Crippen LogP contribution < -0.4 is 10.9 Å². The minimum atomic E-state index is -0.608. The number of hydrogen-bond donors (Lipinski definition) is 2. The SMILES string of the molecule is Cc1c(C(=O)NNC(=O)c2cc(-c3ccco3)nc3ccccc23)nnn1-c1cccc(Cl)c1. The number of furan rings is 1. The van der Waals surface area contributed by atoms with Crippen molar-refractivity contribution < 1.29 is 14.0 Å². The van der Waals surface area contributed by atoms with Gasteiger partial charge in [0.1, 0.15) is 5.69 Å². The first-order chi connectivity index (χ1) is 16.5. The second-order valence-electron chi connectivity index (χ2n) is 7.37. The summed E-state index contributed by atoms with van der Waals surface area (Å²) in [7, 11) is 0. The topological polar surface area (TPSA) is 115 Å². The van der Waals surface area contributed by atoms with Crippen molar-refractivity contribution in [2.75, 3.05) is 0 Å². The highest BCUT2D eigenvalue weighted by Gasteiger charge is 2.20. The standard InChI is InChI=1S/C24H17ClN6O3/c1-14-22(27-30-31(14)16-7-4-6-15(25)12-16)24(33)29-28-23(32)18-13-20(21-10-5-11-34-21)26-19-9-3-2-8-17(18)19/h2-13H,1H3,(H,28,32)(H,29,33). The van der Waals surface area contributed by atoms with E-state index < -0.39 is 11.8 Å². The van der Waals surface area contributed by atoms with E-state index in [0.717, 1.165) is 0 Å². The molecule has 0 radical (unpaired) electrons. The second-order valence-corrected chi connectivity index (χ2v) is 7.81. The normalized spacial score (nSPS) is 10.9. The first-order valence-electron chi connectivity index (χ1n) is 10.2. The van der Waals surface area contributed by atoms with Gasteiger partial charge in [0, 0.05) is 10.4 Å². The van der Waals surface area contributed by atoms with Crippen LogP contribution in [0, 0.1) is 6.92 Å². The van der Waals surface area contributed by atoms with Gasteiger partial charge in [-0.1, -0.05) is 41.1 Å². The van der Waals surface area contributed by atoms with Gasteiger partial charge in [-0.15, -0.1) is 5.10 Å². The molecule has 9 nitrogen and oxygen atoms in total. The van der Waals surface area contributed by atoms with Crippen LogP contribution in [0.2, 0.25) is 5.02 Å². The number of benzene rings is 2. The summed E-state index contributed by atoms with van der Waals surface area (Å²) < 4.78 is 6.92. The fourth-order valence-corrected chi connectivity index (χ4v) is 3.73. The molecule has 34 heavy (non-hydrogen) atoms. The molecule has 0 aliphatic heterocycles. The Morgan fingerprint density at radius 2 is 1.79 bits per heavy atom. The molecule has 0 saturated heterocycles. The van der Waals surface area contributed by atoms with Gasteiger partial charge in [-0.25, -0.2) is 9.67 Å². The molecule has 5 aromatic rings. The first-order valence-corrected chi connectivity index (χ1v) is 10.6. The molecule has 168 valence electrons. The maximum atomic E-state index is 13.0. The summed E-state index contributed by atoms with van der Waals surface area (Å²) in [6, 6.07) is 19.3. The van der Waals surface area contributed by atoms with Gasteiger partial charge in [-0.2, -0.15) is 0 Å². The van der Waals surface area contributed by atoms with Crippen molar-refractivity contribution in [3.8, 4) is 17.1 Å². The van der Waals surface area contributed by atoms with Crippen LogP contribution in [0.15, 0.2) is 77.4 Å². The Balaban J connectivity index is 1.38. The van der Waals surface area contributed by atoms with Crippen molar-refractivity contribution in [3.05, 3.63) is 95.0 Å². The van der Waals surface area contributed by atoms with Gasteiger partial charge < -0.3 is 4.42 Å². The summed E-state index contributed by atoms with van der Waals surface area (Å²) in [4.78, 5) is 30.3. The van der Waals surface area contributed by atoms with Gasteiger partial charge in [0.25, 0.3) is 11.8 Å². The predicted molar refractivity (Wildman–Crippen MR) is 125 cm³/mol. The molecule has 0 aliphatic carbocycles. The van der Waals surface area contributed by atoms with Crippen molar-refractivity contribution >= 4 is 34.3 Å². The number of carbonyl (C=O) groups is 2. The van der Waals surface area contributed by atoms with E-state index in [-0.39, 0.29) is 5.69 Å². The summed E-state index contributed by atoms with van der Waals surface area (Å²) in [5, 5.41) is 9.15. The molecule has 0 unspecified atom stereocenters. The van der Waals surface area contributed by atoms with E-state index in [4.69, 9.17) is 16.0 Å². The Kier molecular flexibility index (Phi) is 5.52. The fraction of sp³-hybridized carbons (Fsp3) is 0.0417. The molecular formula is C24H17ClN6O3. The van der Waals surface area contributed by atoms with Crippen LogP contribution in [-0.2, 0) is 0 Å². The molecule has 5 rings (SSSR count). The lowest BCUT2D eigenvalue weighted by Crippen LogP contribution is -2.42. The number of hydrazine groups is 1. The van der Waals surface area contributed by atoms with Crippen molar-refractivity contribution in [2.45, 2.75) is 6.92 Å². The fourth-order valence-electron chi connectivity index (χ4n) is 3.55. The molecule has 0 saturated carbocycles. The van der Waals surface area contributed by atoms with Crippen LogP contribution >= 0.6 is 11.6 Å². The van der Waals surface area contributed by atoms with E-state index in [1.807, 2.05) is 12.1 Å². The highest BCUT2D eigenvalue weighted by atomic mass is 35.5. The summed E-state index contributed by atoms with van der Waals surface area (Å²) in [5.74, 6) is -0.597. The Morgan fingerprint density at radius 1 is 0.971 bits per heavy atom. The number of pyridine rings is 1. The zero-order valence-corrected chi connectivity index (χ0v) is 18.6. The minimum Gasteiger partial charge on any atom is -0.463 e. The number of nitrogens with zero attached hydrogens (tertiary/aromatic N) is 4. The van der Waals surface area contributed by atoms with Crippen molar-refractivity contribution in [2.24, 2.45) is 0 Å². The van der Waals surface area contributed by atoms with Gasteiger partial charge in [0.15, 0.2) is 11.5 Å². The van der Waals surface area contributed by atoms with E-state index >= 15 is 0 Å². The van der Waals surface area contributed by atoms with Crippen LogP contribution in [0.3, 0.4) is 0 Å². The molecule has 0 aliphatic rings. The van der Waals surface area contributed by atoms with Gasteiger partial charge in [0.2, 0.25) is 0 Å². The smallest absolute Gasteiger partial charge is 0.292 e. The maximum absolute atomic E-state index is 13.0. The van der Waals surface area contributed by atoms with Crippen LogP contribution in [0.1, 0.15) is 26.5 Å². The van der Waals surface area contributed by atoms with E-state index in [1.54, 1.807) is 61.5 Å². The number of nitrogens with one attached hydrogen (secondary N) is 2. The predicted octanol–water partition coefficient (Wildman–Crippen LogP) is 4.11. The molecular weight excluding hydrogens is 456 g/mol. The monoisotopic (exact) mass is 472 g/mol. The number of hydrogen-bond acceptors (Lipinski definition) is 6. The van der Waals surface area contributed by atoms with E-state index in [9.17, 15) is 9.59 Å². The average Bonchev–Trinajstić information content (AvgIpc) is 3.52. The molecule has 10 heteroatoms. The number of aromatic nitrogens is 4. The number of carbonyl (C=O) groups excluding carboxylic acids is 2. The first kappa shape index (κ1) is 21.4. The molecule has 2 N–H and O–H groups in total. The number of fused-ring (bicyclic) bond motifs is 1. The average molecular weight is 473 g/mol. The van der Waals surface area contributed by atoms with Crippen LogP contribution in [-0.4, -0.2) is 31.8 Å². The second kappa shape index (κ2) is 8.80. The van der Waals surface area contributed by atoms with Crippen molar-refractivity contribution in [3.63, 3.8) is 0 Å². The van der Waals surface area contributed by atoms with Crippen LogP contribution in [0.5, 0.6) is 0 Å². The van der Waals surface area contributed by atoms with E-state index in [2.05, 4.69) is 26.1 Å². The third-order valence-electron chi connectivity index (χ3n) is 5.19. The highest BCUT2D eigenvalue weighted by molar-refractivity contribution is 6.30. The molecule has 0 fully saturated rings. The number of halogens is 1. The van der Waals surface area contributed by atoms with Crippen molar-refractivity contribution in [1.82, 2.24) is 30.8 Å². The molecule has 3 heterocycles. The van der Waals surface area contributed by atoms with Crippen LogP contribution in [0.4, 0.5) is 0 Å². The summed E-state index contributed by atoms with van der Waals surface area (Å²) >= 11 is 6.05. The molecule has 0 atom stereocenters. The maximum Gasteiger partial charge on any atom is 0.292 e. The van der Waals surface area contributed by atoms with Gasteiger partial charge in [-0.3, -0.25) is 20.4 Å². The number of amides is 2. The Hall–Kier alpha value is -4.50. The molecule has 2 aromatic carbocycles. The zero-order chi connectivity index (χ0) is 23.7. The largest absolute Gasteiger partial charge is 0.463 e. The lowest BCUT2D eigenvalue weighted by molar-refractivity contribution is 0.0844. The quantitative estimate of drug-likeness (QED) is 0.380. The Morgan fingerprint density at radius 3 is 2.59 bits per heavy atom. The van der Waals surface area contributed by atoms with Gasteiger partial charge in [-0.05, 0) is 49.4 Å². The van der Waals surface area contributed by atoms with E-state index in [1.165, 1.54) is 10.9 Å². The summed E-state index contributed by atoms with van der Waals surface area (Å²) in [5.41, 5.74) is 7.53. The molecule has 2 amide bonds. The third-order valence-corrected chi connectivity index (χ3v) is 5.42. The number of rotatable bonds is 4. The Labute approximate surface area is 198 Å². The third kappa shape index (κ3) is 4.00. The summed E-state index contributed by atoms with van der Waals surface area (Å²) in [6.07, 6.45) is 1.53.